The van der Waals surface area contributed by atoms with Crippen LogP contribution in [0.4, 0.5) is 0 Å². The molecule has 146 valence electrons. The lowest BCUT2D eigenvalue weighted by molar-refractivity contribution is 0.101. The lowest BCUT2D eigenvalue weighted by atomic mass is 10.1. The second-order valence-electron chi connectivity index (χ2n) is 7.12. The van der Waals surface area contributed by atoms with Crippen molar-refractivity contribution in [3.05, 3.63) is 108 Å². The number of Topliss-reactive ketones (excluding diaryl/α,β-unsaturated/α-hetero) is 1. The van der Waals surface area contributed by atoms with Gasteiger partial charge in [0.15, 0.2) is 5.76 Å². The molecule has 0 amide bonds. The van der Waals surface area contributed by atoms with Crippen LogP contribution in [0, 0.1) is 0 Å². The first-order chi connectivity index (χ1) is 14.7. The molecule has 0 unspecified atom stereocenters. The molecular formula is C26H19NO3. The molecular weight excluding hydrogens is 374 g/mol. The molecule has 1 aliphatic rings. The normalized spacial score (nSPS) is 14.0. The molecule has 2 heterocycles. The van der Waals surface area contributed by atoms with Crippen LogP contribution in [0.25, 0.3) is 23.1 Å². The molecule has 0 saturated heterocycles. The summed E-state index contributed by atoms with van der Waals surface area (Å²) >= 11 is 0. The summed E-state index contributed by atoms with van der Waals surface area (Å²) in [7, 11) is 0. The number of nitrogens with one attached hydrogen (secondary N) is 1. The molecule has 4 aromatic rings. The zero-order chi connectivity index (χ0) is 20.5. The van der Waals surface area contributed by atoms with Gasteiger partial charge in [0.2, 0.25) is 5.78 Å². The second-order valence-corrected chi connectivity index (χ2v) is 7.12. The third kappa shape index (κ3) is 3.29. The van der Waals surface area contributed by atoms with E-state index >= 15 is 0 Å². The number of allylic oxidation sites excluding steroid dienone is 1. The number of aromatic nitrogens is 1. The highest BCUT2D eigenvalue weighted by molar-refractivity contribution is 6.15. The average Bonchev–Trinajstić information content (AvgIpc) is 3.34. The minimum absolute atomic E-state index is 0.123. The zero-order valence-corrected chi connectivity index (χ0v) is 16.2. The summed E-state index contributed by atoms with van der Waals surface area (Å²) in [5, 5.41) is 1.05. The molecule has 30 heavy (non-hydrogen) atoms. The van der Waals surface area contributed by atoms with Gasteiger partial charge >= 0.3 is 0 Å². The Labute approximate surface area is 174 Å². The van der Waals surface area contributed by atoms with Crippen molar-refractivity contribution >= 4 is 28.8 Å². The van der Waals surface area contributed by atoms with Crippen LogP contribution in [0.15, 0.2) is 85.3 Å². The molecule has 0 aliphatic carbocycles. The van der Waals surface area contributed by atoms with Gasteiger partial charge in [-0.1, -0.05) is 55.1 Å². The minimum atomic E-state index is -0.123. The zero-order valence-electron chi connectivity index (χ0n) is 16.2. The van der Waals surface area contributed by atoms with Crippen LogP contribution in [0.2, 0.25) is 0 Å². The van der Waals surface area contributed by atoms with Gasteiger partial charge in [-0.15, -0.1) is 0 Å². The highest BCUT2D eigenvalue weighted by Gasteiger charge is 2.28. The third-order valence-corrected chi connectivity index (χ3v) is 5.17. The highest BCUT2D eigenvalue weighted by atomic mass is 16.5. The molecule has 1 aromatic heterocycles. The number of benzene rings is 3. The van der Waals surface area contributed by atoms with Crippen LogP contribution < -0.4 is 9.47 Å². The van der Waals surface area contributed by atoms with Gasteiger partial charge in [0.05, 0.1) is 5.56 Å². The van der Waals surface area contributed by atoms with Crippen molar-refractivity contribution in [3.8, 4) is 11.5 Å². The van der Waals surface area contributed by atoms with Crippen molar-refractivity contribution in [2.45, 2.75) is 6.61 Å². The Balaban J connectivity index is 1.35. The monoisotopic (exact) mass is 393 g/mol. The summed E-state index contributed by atoms with van der Waals surface area (Å²) in [6.07, 6.45) is 5.47. The average molecular weight is 393 g/mol. The van der Waals surface area contributed by atoms with Crippen LogP contribution in [0.5, 0.6) is 11.5 Å². The number of carbonyl (C=O) groups is 1. The van der Waals surface area contributed by atoms with Crippen molar-refractivity contribution in [1.82, 2.24) is 4.98 Å². The quantitative estimate of drug-likeness (QED) is 0.423. The summed E-state index contributed by atoms with van der Waals surface area (Å²) < 4.78 is 11.8. The number of hydrogen-bond acceptors (Lipinski definition) is 3. The molecule has 1 aliphatic heterocycles. The standard InChI is InChI=1S/C26H19NO3/c1-2-17-7-9-18(10-8-17)16-29-20-11-12-22-24(14-20)30-25(26(22)28)13-19-15-27-23-6-4-3-5-21(19)23/h2-15,27H,1,16H2/b25-13+. The van der Waals surface area contributed by atoms with Gasteiger partial charge in [0.1, 0.15) is 18.1 Å². The Morgan fingerprint density at radius 2 is 1.87 bits per heavy atom. The predicted octanol–water partition coefficient (Wildman–Crippen LogP) is 6.01. The van der Waals surface area contributed by atoms with Gasteiger partial charge in [-0.05, 0) is 35.4 Å². The molecule has 0 atom stereocenters. The van der Waals surface area contributed by atoms with E-state index in [1.54, 1.807) is 30.4 Å². The van der Waals surface area contributed by atoms with Gasteiger partial charge in [0.25, 0.3) is 0 Å². The number of H-pyrrole nitrogens is 1. The number of rotatable bonds is 5. The van der Waals surface area contributed by atoms with E-state index < -0.39 is 0 Å². The summed E-state index contributed by atoms with van der Waals surface area (Å²) in [4.78, 5) is 16.0. The molecule has 0 spiro atoms. The van der Waals surface area contributed by atoms with Crippen molar-refractivity contribution in [2.75, 3.05) is 0 Å². The van der Waals surface area contributed by atoms with Crippen LogP contribution in [-0.4, -0.2) is 10.8 Å². The second kappa shape index (κ2) is 7.41. The van der Waals surface area contributed by atoms with Crippen LogP contribution in [0.3, 0.4) is 0 Å². The summed E-state index contributed by atoms with van der Waals surface area (Å²) in [5.74, 6) is 1.36. The maximum Gasteiger partial charge on any atom is 0.231 e. The van der Waals surface area contributed by atoms with E-state index in [0.717, 1.165) is 27.6 Å². The number of fused-ring (bicyclic) bond motifs is 2. The summed E-state index contributed by atoms with van der Waals surface area (Å²) in [6.45, 7) is 4.19. The van der Waals surface area contributed by atoms with E-state index in [2.05, 4.69) is 11.6 Å². The number of hydrogen-bond donors (Lipinski definition) is 1. The summed E-state index contributed by atoms with van der Waals surface area (Å²) in [5.41, 5.74) is 4.60. The SMILES string of the molecule is C=Cc1ccc(COc2ccc3c(c2)O/C(=C/c2c[nH]c4ccccc24)C3=O)cc1. The lowest BCUT2D eigenvalue weighted by Crippen LogP contribution is -1.97. The van der Waals surface area contributed by atoms with E-state index in [1.165, 1.54) is 0 Å². The largest absolute Gasteiger partial charge is 0.489 e. The first-order valence-corrected chi connectivity index (χ1v) is 9.70. The van der Waals surface area contributed by atoms with Gasteiger partial charge in [-0.3, -0.25) is 4.79 Å². The van der Waals surface area contributed by atoms with Crippen molar-refractivity contribution in [2.24, 2.45) is 0 Å². The topological polar surface area (TPSA) is 51.3 Å². The Morgan fingerprint density at radius 1 is 1.03 bits per heavy atom. The molecule has 0 saturated carbocycles. The van der Waals surface area contributed by atoms with Gasteiger partial charge in [-0.2, -0.15) is 0 Å². The van der Waals surface area contributed by atoms with E-state index in [4.69, 9.17) is 9.47 Å². The first kappa shape index (κ1) is 18.0. The molecule has 3 aromatic carbocycles. The predicted molar refractivity (Wildman–Crippen MR) is 119 cm³/mol. The third-order valence-electron chi connectivity index (χ3n) is 5.17. The fourth-order valence-electron chi connectivity index (χ4n) is 3.53. The molecule has 0 bridgehead atoms. The highest BCUT2D eigenvalue weighted by Crippen LogP contribution is 2.35. The minimum Gasteiger partial charge on any atom is -0.489 e. The molecule has 0 fully saturated rings. The van der Waals surface area contributed by atoms with E-state index in [9.17, 15) is 4.79 Å². The Kier molecular flexibility index (Phi) is 4.45. The molecule has 4 nitrogen and oxygen atoms in total. The number of para-hydroxylation sites is 1. The molecule has 4 heteroatoms. The van der Waals surface area contributed by atoms with Crippen molar-refractivity contribution in [3.63, 3.8) is 0 Å². The fraction of sp³-hybridized carbons (Fsp3) is 0.0385. The van der Waals surface area contributed by atoms with Gasteiger partial charge in [0, 0.05) is 28.7 Å². The van der Waals surface area contributed by atoms with Crippen LogP contribution in [0.1, 0.15) is 27.0 Å². The Morgan fingerprint density at radius 3 is 2.70 bits per heavy atom. The maximum atomic E-state index is 12.8. The molecule has 5 rings (SSSR count). The summed E-state index contributed by atoms with van der Waals surface area (Å²) in [6, 6.07) is 21.3. The number of ether oxygens (including phenoxy) is 2. The van der Waals surface area contributed by atoms with E-state index in [0.29, 0.717) is 29.4 Å². The number of aromatic amines is 1. The van der Waals surface area contributed by atoms with Crippen LogP contribution >= 0.6 is 0 Å². The van der Waals surface area contributed by atoms with Gasteiger partial charge in [-0.25, -0.2) is 0 Å². The molecule has 0 radical (unpaired) electrons. The number of ketones is 1. The van der Waals surface area contributed by atoms with E-state index in [1.807, 2.05) is 54.7 Å². The van der Waals surface area contributed by atoms with Crippen LogP contribution in [-0.2, 0) is 6.61 Å². The Hall–Kier alpha value is -4.05. The molecule has 1 N–H and O–H groups in total. The number of carbonyl (C=O) groups excluding carboxylic acids is 1. The Bertz CT molecular complexity index is 1300. The maximum absolute atomic E-state index is 12.8. The smallest absolute Gasteiger partial charge is 0.231 e. The lowest BCUT2D eigenvalue weighted by Gasteiger charge is -2.07. The van der Waals surface area contributed by atoms with E-state index in [-0.39, 0.29) is 5.78 Å². The van der Waals surface area contributed by atoms with Crippen molar-refractivity contribution < 1.29 is 14.3 Å². The van der Waals surface area contributed by atoms with Gasteiger partial charge < -0.3 is 14.5 Å². The fourth-order valence-corrected chi connectivity index (χ4v) is 3.53. The van der Waals surface area contributed by atoms with Crippen molar-refractivity contribution in [1.29, 1.82) is 0 Å². The first-order valence-electron chi connectivity index (χ1n) is 9.70.